The summed E-state index contributed by atoms with van der Waals surface area (Å²) < 4.78 is 9.61. The molecule has 102 valence electrons. The van der Waals surface area contributed by atoms with Gasteiger partial charge in [0, 0.05) is 26.7 Å². The third-order valence-electron chi connectivity index (χ3n) is 2.34. The van der Waals surface area contributed by atoms with Gasteiger partial charge in [-0.05, 0) is 7.05 Å². The molecule has 0 aliphatic heterocycles. The molecule has 0 spiro atoms. The maximum absolute atomic E-state index is 11.2. The van der Waals surface area contributed by atoms with Gasteiger partial charge in [0.2, 0.25) is 0 Å². The Labute approximate surface area is 111 Å². The molecule has 0 aromatic carbocycles. The first-order chi connectivity index (χ1) is 8.67. The molecule has 0 saturated carbocycles. The van der Waals surface area contributed by atoms with Crippen molar-refractivity contribution in [2.45, 2.75) is 0 Å². The highest BCUT2D eigenvalue weighted by atomic mass is 32.1. The number of aromatic nitrogens is 1. The largest absolute Gasteiger partial charge is 0.465 e. The molecule has 18 heavy (non-hydrogen) atoms. The molecule has 1 N–H and O–H groups in total. The summed E-state index contributed by atoms with van der Waals surface area (Å²) in [6, 6.07) is 0. The van der Waals surface area contributed by atoms with Gasteiger partial charge in [0.1, 0.15) is 4.88 Å². The quantitative estimate of drug-likeness (QED) is 0.711. The lowest BCUT2D eigenvalue weighted by Gasteiger charge is -2.15. The molecule has 1 rings (SSSR count). The average Bonchev–Trinajstić information content (AvgIpc) is 2.84. The Balaban J connectivity index is 2.27. The Hall–Kier alpha value is -1.18. The minimum Gasteiger partial charge on any atom is -0.465 e. The fraction of sp³-hybridized carbons (Fsp3) is 0.636. The van der Waals surface area contributed by atoms with Crippen LogP contribution in [0.1, 0.15) is 9.67 Å². The van der Waals surface area contributed by atoms with Crippen LogP contribution in [0, 0.1) is 0 Å². The summed E-state index contributed by atoms with van der Waals surface area (Å²) in [5, 5.41) is 3.90. The summed E-state index contributed by atoms with van der Waals surface area (Å²) >= 11 is 1.30. The van der Waals surface area contributed by atoms with Crippen LogP contribution in [0.25, 0.3) is 0 Å². The average molecular weight is 273 g/mol. The van der Waals surface area contributed by atoms with Crippen molar-refractivity contribution in [3.05, 3.63) is 11.1 Å². The Bertz CT molecular complexity index is 370. The number of thiazole rings is 1. The van der Waals surface area contributed by atoms with Crippen molar-refractivity contribution in [1.29, 1.82) is 0 Å². The number of carbonyl (C=O) groups excluding carboxylic acids is 1. The highest BCUT2D eigenvalue weighted by molar-refractivity contribution is 7.17. The third-order valence-corrected chi connectivity index (χ3v) is 3.27. The van der Waals surface area contributed by atoms with E-state index in [9.17, 15) is 4.79 Å². The number of rotatable bonds is 8. The van der Waals surface area contributed by atoms with E-state index in [1.54, 1.807) is 7.11 Å². The highest BCUT2D eigenvalue weighted by Crippen LogP contribution is 2.18. The second kappa shape index (κ2) is 8.02. The molecule has 0 fully saturated rings. The van der Waals surface area contributed by atoms with E-state index < -0.39 is 0 Å². The smallest absolute Gasteiger partial charge is 0.349 e. The lowest BCUT2D eigenvalue weighted by molar-refractivity contribution is 0.0606. The van der Waals surface area contributed by atoms with E-state index in [0.29, 0.717) is 4.88 Å². The lowest BCUT2D eigenvalue weighted by atomic mass is 10.5. The van der Waals surface area contributed by atoms with Gasteiger partial charge in [-0.15, -0.1) is 0 Å². The maximum Gasteiger partial charge on any atom is 0.349 e. The van der Waals surface area contributed by atoms with Crippen LogP contribution in [0.5, 0.6) is 0 Å². The van der Waals surface area contributed by atoms with E-state index in [2.05, 4.69) is 19.9 Å². The van der Waals surface area contributed by atoms with E-state index in [1.165, 1.54) is 24.6 Å². The normalized spacial score (nSPS) is 10.7. The Morgan fingerprint density at radius 2 is 2.28 bits per heavy atom. The summed E-state index contributed by atoms with van der Waals surface area (Å²) in [5.41, 5.74) is 0. The number of likely N-dealkylation sites (N-methyl/N-ethyl adjacent to an activating group) is 1. The lowest BCUT2D eigenvalue weighted by Crippen LogP contribution is -2.28. The van der Waals surface area contributed by atoms with E-state index in [-0.39, 0.29) is 5.97 Å². The first kappa shape index (κ1) is 14.9. The molecule has 1 aromatic rings. The molecule has 1 heterocycles. The van der Waals surface area contributed by atoms with Gasteiger partial charge in [-0.25, -0.2) is 9.78 Å². The van der Waals surface area contributed by atoms with Crippen LogP contribution >= 0.6 is 11.3 Å². The SMILES string of the molecule is COCCN(C)CCNc1ncc(C(=O)OC)s1. The maximum atomic E-state index is 11.2. The van der Waals surface area contributed by atoms with Crippen LogP contribution in [0.2, 0.25) is 0 Å². The van der Waals surface area contributed by atoms with E-state index in [0.717, 1.165) is 31.4 Å². The standard InChI is InChI=1S/C11H19N3O3S/c1-14(6-7-16-2)5-4-12-11-13-8-9(18-11)10(15)17-3/h8H,4-7H2,1-3H3,(H,12,13). The molecule has 0 bridgehead atoms. The molecule has 6 nitrogen and oxygen atoms in total. The number of ether oxygens (including phenoxy) is 2. The molecule has 1 aromatic heterocycles. The number of anilines is 1. The van der Waals surface area contributed by atoms with Crippen LogP contribution < -0.4 is 5.32 Å². The molecule has 0 amide bonds. The Morgan fingerprint density at radius 1 is 1.50 bits per heavy atom. The van der Waals surface area contributed by atoms with Crippen LogP contribution in [-0.2, 0) is 9.47 Å². The zero-order chi connectivity index (χ0) is 13.4. The first-order valence-corrected chi connectivity index (χ1v) is 6.44. The molecular formula is C11H19N3O3S. The monoisotopic (exact) mass is 273 g/mol. The Kier molecular flexibility index (Phi) is 6.63. The van der Waals surface area contributed by atoms with Gasteiger partial charge in [-0.1, -0.05) is 11.3 Å². The molecule has 0 saturated heterocycles. The van der Waals surface area contributed by atoms with Crippen LogP contribution in [0.4, 0.5) is 5.13 Å². The van der Waals surface area contributed by atoms with Crippen molar-refractivity contribution >= 4 is 22.4 Å². The fourth-order valence-electron chi connectivity index (χ4n) is 1.26. The molecule has 0 aliphatic rings. The molecule has 0 atom stereocenters. The molecule has 0 unspecified atom stereocenters. The van der Waals surface area contributed by atoms with Crippen molar-refractivity contribution in [1.82, 2.24) is 9.88 Å². The summed E-state index contributed by atoms with van der Waals surface area (Å²) in [6.07, 6.45) is 1.52. The van der Waals surface area contributed by atoms with Gasteiger partial charge < -0.3 is 19.7 Å². The zero-order valence-electron chi connectivity index (χ0n) is 10.9. The topological polar surface area (TPSA) is 63.7 Å². The van der Waals surface area contributed by atoms with Crippen molar-refractivity contribution in [2.24, 2.45) is 0 Å². The fourth-order valence-corrected chi connectivity index (χ4v) is 2.02. The summed E-state index contributed by atoms with van der Waals surface area (Å²) in [4.78, 5) is 18.0. The van der Waals surface area contributed by atoms with Crippen molar-refractivity contribution in [2.75, 3.05) is 52.8 Å². The number of hydrogen-bond donors (Lipinski definition) is 1. The van der Waals surface area contributed by atoms with Gasteiger partial charge in [-0.2, -0.15) is 0 Å². The second-order valence-electron chi connectivity index (χ2n) is 3.74. The molecule has 0 radical (unpaired) electrons. The van der Waals surface area contributed by atoms with Crippen molar-refractivity contribution < 1.29 is 14.3 Å². The van der Waals surface area contributed by atoms with E-state index in [1.807, 2.05) is 7.05 Å². The number of esters is 1. The molecule has 7 heteroatoms. The first-order valence-electron chi connectivity index (χ1n) is 5.63. The van der Waals surface area contributed by atoms with Crippen molar-refractivity contribution in [3.8, 4) is 0 Å². The molecule has 0 aliphatic carbocycles. The number of nitrogens with one attached hydrogen (secondary N) is 1. The minimum atomic E-state index is -0.349. The van der Waals surface area contributed by atoms with Crippen LogP contribution in [0.15, 0.2) is 6.20 Å². The van der Waals surface area contributed by atoms with Gasteiger partial charge >= 0.3 is 5.97 Å². The number of carbonyl (C=O) groups is 1. The predicted molar refractivity (Wildman–Crippen MR) is 71.3 cm³/mol. The minimum absolute atomic E-state index is 0.349. The van der Waals surface area contributed by atoms with Gasteiger partial charge in [0.25, 0.3) is 0 Å². The Morgan fingerprint density at radius 3 is 2.94 bits per heavy atom. The highest BCUT2D eigenvalue weighted by Gasteiger charge is 2.10. The van der Waals surface area contributed by atoms with E-state index in [4.69, 9.17) is 4.74 Å². The van der Waals surface area contributed by atoms with Gasteiger partial charge in [-0.3, -0.25) is 0 Å². The van der Waals surface area contributed by atoms with E-state index >= 15 is 0 Å². The van der Waals surface area contributed by atoms with Crippen LogP contribution in [0.3, 0.4) is 0 Å². The zero-order valence-corrected chi connectivity index (χ0v) is 11.7. The summed E-state index contributed by atoms with van der Waals surface area (Å²) in [7, 11) is 5.08. The second-order valence-corrected chi connectivity index (χ2v) is 4.77. The summed E-state index contributed by atoms with van der Waals surface area (Å²) in [5.74, 6) is -0.349. The van der Waals surface area contributed by atoms with Gasteiger partial charge in [0.15, 0.2) is 5.13 Å². The van der Waals surface area contributed by atoms with Gasteiger partial charge in [0.05, 0.1) is 19.9 Å². The predicted octanol–water partition coefficient (Wildman–Crippen LogP) is 0.920. The number of hydrogen-bond acceptors (Lipinski definition) is 7. The number of methoxy groups -OCH3 is 2. The van der Waals surface area contributed by atoms with Crippen LogP contribution in [-0.4, -0.2) is 63.4 Å². The summed E-state index contributed by atoms with van der Waals surface area (Å²) in [6.45, 7) is 3.27. The third kappa shape index (κ3) is 4.99. The van der Waals surface area contributed by atoms with Crippen molar-refractivity contribution in [3.63, 3.8) is 0 Å². The molecular weight excluding hydrogens is 254 g/mol. The number of nitrogens with zero attached hydrogens (tertiary/aromatic N) is 2.